The van der Waals surface area contributed by atoms with Crippen LogP contribution in [0.1, 0.15) is 31.2 Å². The van der Waals surface area contributed by atoms with Crippen LogP contribution in [0.25, 0.3) is 0 Å². The van der Waals surface area contributed by atoms with Crippen LogP contribution in [-0.4, -0.2) is 6.04 Å². The highest BCUT2D eigenvalue weighted by Crippen LogP contribution is 2.41. The molecule has 0 amide bonds. The number of hydrogen-bond acceptors (Lipinski definition) is 1. The number of halogens is 3. The molecule has 1 saturated carbocycles. The molecule has 1 aromatic rings. The molecule has 0 radical (unpaired) electrons. The summed E-state index contributed by atoms with van der Waals surface area (Å²) in [5.41, 5.74) is 3.95. The van der Waals surface area contributed by atoms with Gasteiger partial charge in [-0.15, -0.1) is 0 Å². The predicted molar refractivity (Wildman–Crippen MR) is 55.6 cm³/mol. The highest BCUT2D eigenvalue weighted by Gasteiger charge is 2.38. The van der Waals surface area contributed by atoms with Crippen molar-refractivity contribution in [3.8, 4) is 0 Å². The van der Waals surface area contributed by atoms with Gasteiger partial charge >= 0.3 is 0 Å². The van der Waals surface area contributed by atoms with Crippen molar-refractivity contribution >= 4 is 0 Å². The van der Waals surface area contributed by atoms with Crippen molar-refractivity contribution in [1.82, 2.24) is 0 Å². The van der Waals surface area contributed by atoms with Crippen LogP contribution in [0.4, 0.5) is 13.2 Å². The first-order chi connectivity index (χ1) is 7.51. The zero-order valence-electron chi connectivity index (χ0n) is 8.85. The van der Waals surface area contributed by atoms with Gasteiger partial charge in [0.15, 0.2) is 0 Å². The molecular formula is C12H14F3N. The first-order valence-electron chi connectivity index (χ1n) is 5.41. The fourth-order valence-electron chi connectivity index (χ4n) is 2.22. The van der Waals surface area contributed by atoms with Crippen LogP contribution in [0.2, 0.25) is 0 Å². The Hall–Kier alpha value is -1.03. The molecule has 88 valence electrons. The Morgan fingerprint density at radius 1 is 1.19 bits per heavy atom. The van der Waals surface area contributed by atoms with Crippen molar-refractivity contribution in [2.45, 2.75) is 37.4 Å². The van der Waals surface area contributed by atoms with Gasteiger partial charge in [0.05, 0.1) is 0 Å². The number of alkyl halides is 1. The minimum absolute atomic E-state index is 0.00705. The maximum Gasteiger partial charge on any atom is 0.138 e. The van der Waals surface area contributed by atoms with Crippen molar-refractivity contribution in [3.63, 3.8) is 0 Å². The lowest BCUT2D eigenvalue weighted by Crippen LogP contribution is -2.34. The molecule has 1 aromatic carbocycles. The molecule has 1 aliphatic carbocycles. The summed E-state index contributed by atoms with van der Waals surface area (Å²) in [7, 11) is 0. The molecule has 16 heavy (non-hydrogen) atoms. The van der Waals surface area contributed by atoms with Crippen molar-refractivity contribution in [3.05, 3.63) is 35.4 Å². The van der Waals surface area contributed by atoms with Crippen LogP contribution < -0.4 is 5.73 Å². The van der Waals surface area contributed by atoms with Gasteiger partial charge in [0.2, 0.25) is 0 Å². The Morgan fingerprint density at radius 3 is 2.38 bits per heavy atom. The number of hydrogen-bond donors (Lipinski definition) is 1. The second-order valence-corrected chi connectivity index (χ2v) is 4.43. The number of nitrogens with two attached hydrogens (primary N) is 1. The van der Waals surface area contributed by atoms with E-state index in [1.807, 2.05) is 0 Å². The van der Waals surface area contributed by atoms with E-state index in [1.54, 1.807) is 0 Å². The van der Waals surface area contributed by atoms with Crippen LogP contribution in [0.5, 0.6) is 0 Å². The lowest BCUT2D eigenvalue weighted by atomic mass is 9.79. The van der Waals surface area contributed by atoms with Crippen molar-refractivity contribution in [2.24, 2.45) is 5.73 Å². The molecule has 0 bridgehead atoms. The van der Waals surface area contributed by atoms with Crippen molar-refractivity contribution in [1.29, 1.82) is 0 Å². The highest BCUT2D eigenvalue weighted by molar-refractivity contribution is 5.26. The fourth-order valence-corrected chi connectivity index (χ4v) is 2.22. The zero-order valence-corrected chi connectivity index (χ0v) is 8.85. The lowest BCUT2D eigenvalue weighted by Gasteiger charge is -2.33. The molecule has 1 nitrogen and oxygen atoms in total. The van der Waals surface area contributed by atoms with Crippen molar-refractivity contribution in [2.75, 3.05) is 0 Å². The predicted octanol–water partition coefficient (Wildman–Crippen LogP) is 3.03. The first kappa shape index (κ1) is 11.5. The van der Waals surface area contributed by atoms with E-state index in [0.717, 1.165) is 12.1 Å². The van der Waals surface area contributed by atoms with Crippen LogP contribution in [0.3, 0.4) is 0 Å². The average Bonchev–Trinajstić information content (AvgIpc) is 2.22. The second kappa shape index (κ2) is 4.09. The van der Waals surface area contributed by atoms with E-state index in [1.165, 1.54) is 6.07 Å². The van der Waals surface area contributed by atoms with Crippen molar-refractivity contribution < 1.29 is 13.2 Å². The summed E-state index contributed by atoms with van der Waals surface area (Å²) in [5.74, 6) is -1.49. The van der Waals surface area contributed by atoms with Crippen LogP contribution in [0, 0.1) is 11.6 Å². The minimum atomic E-state index is -1.69. The maximum absolute atomic E-state index is 14.5. The fraction of sp³-hybridized carbons (Fsp3) is 0.500. The second-order valence-electron chi connectivity index (χ2n) is 4.43. The van der Waals surface area contributed by atoms with Gasteiger partial charge in [-0.05, 0) is 37.8 Å². The highest BCUT2D eigenvalue weighted by atomic mass is 19.2. The molecule has 2 N–H and O–H groups in total. The SMILES string of the molecule is NC1CCC(F)(c2ccc(F)cc2F)CC1. The van der Waals surface area contributed by atoms with Gasteiger partial charge in [-0.1, -0.05) is 0 Å². The molecule has 0 unspecified atom stereocenters. The average molecular weight is 229 g/mol. The smallest absolute Gasteiger partial charge is 0.138 e. The molecule has 0 spiro atoms. The lowest BCUT2D eigenvalue weighted by molar-refractivity contribution is 0.0934. The third kappa shape index (κ3) is 2.07. The van der Waals surface area contributed by atoms with E-state index in [-0.39, 0.29) is 24.4 Å². The molecule has 0 heterocycles. The van der Waals surface area contributed by atoms with Crippen LogP contribution in [-0.2, 0) is 5.67 Å². The third-order valence-corrected chi connectivity index (χ3v) is 3.24. The molecule has 0 saturated heterocycles. The summed E-state index contributed by atoms with van der Waals surface area (Å²) in [6, 6.07) is 3.01. The Labute approximate surface area is 92.5 Å². The van der Waals surface area contributed by atoms with Gasteiger partial charge in [0.1, 0.15) is 17.3 Å². The van der Waals surface area contributed by atoms with E-state index >= 15 is 0 Å². The Bertz CT molecular complexity index is 384. The standard InChI is InChI=1S/C12H14F3N/c13-8-1-2-10(11(14)7-8)12(15)5-3-9(16)4-6-12/h1-2,7,9H,3-6,16H2. The quantitative estimate of drug-likeness (QED) is 0.787. The van der Waals surface area contributed by atoms with Gasteiger partial charge in [0.25, 0.3) is 0 Å². The minimum Gasteiger partial charge on any atom is -0.328 e. The topological polar surface area (TPSA) is 26.0 Å². The molecule has 0 atom stereocenters. The van der Waals surface area contributed by atoms with E-state index < -0.39 is 17.3 Å². The molecule has 1 fully saturated rings. The molecule has 4 heteroatoms. The molecule has 0 aromatic heterocycles. The van der Waals surface area contributed by atoms with E-state index in [9.17, 15) is 13.2 Å². The molecule has 2 rings (SSSR count). The summed E-state index contributed by atoms with van der Waals surface area (Å²) >= 11 is 0. The van der Waals surface area contributed by atoms with E-state index in [4.69, 9.17) is 5.73 Å². The third-order valence-electron chi connectivity index (χ3n) is 3.24. The summed E-state index contributed by atoms with van der Waals surface area (Å²) in [4.78, 5) is 0. The summed E-state index contributed by atoms with van der Waals surface area (Å²) in [6.45, 7) is 0. The largest absolute Gasteiger partial charge is 0.328 e. The molecular weight excluding hydrogens is 215 g/mol. The number of rotatable bonds is 1. The van der Waals surface area contributed by atoms with Gasteiger partial charge < -0.3 is 5.73 Å². The van der Waals surface area contributed by atoms with Gasteiger partial charge in [-0.3, -0.25) is 0 Å². The Balaban J connectivity index is 2.29. The van der Waals surface area contributed by atoms with Gasteiger partial charge in [-0.2, -0.15) is 0 Å². The maximum atomic E-state index is 14.5. The Morgan fingerprint density at radius 2 is 1.81 bits per heavy atom. The zero-order chi connectivity index (χ0) is 11.8. The van der Waals surface area contributed by atoms with E-state index in [0.29, 0.717) is 12.8 Å². The number of benzene rings is 1. The summed E-state index contributed by atoms with van der Waals surface area (Å²) in [6.07, 6.45) is 1.48. The normalized spacial score (nSPS) is 30.4. The van der Waals surface area contributed by atoms with Crippen LogP contribution >= 0.6 is 0 Å². The first-order valence-corrected chi connectivity index (χ1v) is 5.41. The van der Waals surface area contributed by atoms with Crippen LogP contribution in [0.15, 0.2) is 18.2 Å². The summed E-state index contributed by atoms with van der Waals surface area (Å²) < 4.78 is 40.6. The monoisotopic (exact) mass is 229 g/mol. The molecule has 0 aliphatic heterocycles. The Kier molecular flexibility index (Phi) is 2.93. The van der Waals surface area contributed by atoms with Gasteiger partial charge in [0, 0.05) is 17.7 Å². The summed E-state index contributed by atoms with van der Waals surface area (Å²) in [5, 5.41) is 0. The molecule has 1 aliphatic rings. The van der Waals surface area contributed by atoms with E-state index in [2.05, 4.69) is 0 Å². The van der Waals surface area contributed by atoms with Gasteiger partial charge in [-0.25, -0.2) is 13.2 Å².